The summed E-state index contributed by atoms with van der Waals surface area (Å²) in [6, 6.07) is 13.1. The zero-order valence-electron chi connectivity index (χ0n) is 17.4. The number of hydrogen-bond donors (Lipinski definition) is 0. The molecule has 1 aliphatic rings. The van der Waals surface area contributed by atoms with Crippen molar-refractivity contribution in [1.82, 2.24) is 0 Å². The topological polar surface area (TPSA) is 17.1 Å². The summed E-state index contributed by atoms with van der Waals surface area (Å²) in [5, 5.41) is 0. The van der Waals surface area contributed by atoms with Crippen LogP contribution in [0.3, 0.4) is 0 Å². The highest BCUT2D eigenvalue weighted by Gasteiger charge is 2.42. The van der Waals surface area contributed by atoms with Crippen molar-refractivity contribution in [3.05, 3.63) is 57.6 Å². The van der Waals surface area contributed by atoms with Gasteiger partial charge in [-0.05, 0) is 53.3 Å². The zero-order valence-corrected chi connectivity index (χ0v) is 19.0. The molecule has 0 radical (unpaired) electrons. The molecule has 2 aromatic rings. The van der Waals surface area contributed by atoms with Gasteiger partial charge in [-0.15, -0.1) is 0 Å². The highest BCUT2D eigenvalue weighted by atomic mass is 79.9. The Bertz CT molecular complexity index is 796. The van der Waals surface area contributed by atoms with E-state index in [1.807, 2.05) is 6.07 Å². The summed E-state index contributed by atoms with van der Waals surface area (Å²) < 4.78 is 1.15. The van der Waals surface area contributed by atoms with Gasteiger partial charge in [-0.2, -0.15) is 0 Å². The van der Waals surface area contributed by atoms with Gasteiger partial charge >= 0.3 is 0 Å². The van der Waals surface area contributed by atoms with Crippen molar-refractivity contribution in [2.75, 3.05) is 0 Å². The number of hydrogen-bond acceptors (Lipinski definition) is 1. The predicted molar refractivity (Wildman–Crippen MR) is 123 cm³/mol. The molecule has 0 heterocycles. The Labute approximate surface area is 179 Å². The fraction of sp³-hybridized carbons (Fsp3) is 0.500. The van der Waals surface area contributed by atoms with E-state index in [1.165, 1.54) is 86.5 Å². The van der Waals surface area contributed by atoms with Crippen LogP contribution in [0.25, 0.3) is 11.1 Å². The van der Waals surface area contributed by atoms with Crippen molar-refractivity contribution in [2.45, 2.75) is 83.5 Å². The van der Waals surface area contributed by atoms with Gasteiger partial charge in [0.05, 0.1) is 0 Å². The molecule has 0 aliphatic heterocycles. The molecule has 1 aliphatic carbocycles. The first-order valence-corrected chi connectivity index (χ1v) is 11.9. The maximum atomic E-state index is 11.5. The smallest absolute Gasteiger partial charge is 0.150 e. The molecule has 0 saturated heterocycles. The van der Waals surface area contributed by atoms with Gasteiger partial charge in [0.15, 0.2) is 0 Å². The van der Waals surface area contributed by atoms with Gasteiger partial charge in [-0.25, -0.2) is 0 Å². The van der Waals surface area contributed by atoms with Gasteiger partial charge in [0.2, 0.25) is 0 Å². The summed E-state index contributed by atoms with van der Waals surface area (Å²) in [6.07, 6.45) is 13.6. The molecule has 0 bridgehead atoms. The van der Waals surface area contributed by atoms with Gasteiger partial charge in [0, 0.05) is 15.5 Å². The number of fused-ring (bicyclic) bond motifs is 3. The van der Waals surface area contributed by atoms with Crippen LogP contribution in [0.4, 0.5) is 0 Å². The lowest BCUT2D eigenvalue weighted by Crippen LogP contribution is -2.25. The van der Waals surface area contributed by atoms with Crippen LogP contribution < -0.4 is 0 Å². The largest absolute Gasteiger partial charge is 0.298 e. The van der Waals surface area contributed by atoms with Crippen molar-refractivity contribution in [1.29, 1.82) is 0 Å². The molecule has 0 fully saturated rings. The Morgan fingerprint density at radius 3 is 1.93 bits per heavy atom. The average molecular weight is 441 g/mol. The minimum Gasteiger partial charge on any atom is -0.298 e. The predicted octanol–water partition coefficient (Wildman–Crippen LogP) is 8.47. The quantitative estimate of drug-likeness (QED) is 0.252. The summed E-state index contributed by atoms with van der Waals surface area (Å²) in [5.74, 6) is 0. The van der Waals surface area contributed by atoms with Crippen LogP contribution in [0.2, 0.25) is 0 Å². The third-order valence-electron chi connectivity index (χ3n) is 6.40. The first kappa shape index (κ1) is 21.3. The minimum absolute atomic E-state index is 0.0505. The molecule has 0 spiro atoms. The molecule has 2 aromatic carbocycles. The molecule has 1 nitrogen and oxygen atoms in total. The second-order valence-electron chi connectivity index (χ2n) is 8.32. The highest BCUT2D eigenvalue weighted by molar-refractivity contribution is 9.10. The third-order valence-corrected chi connectivity index (χ3v) is 6.89. The van der Waals surface area contributed by atoms with Gasteiger partial charge in [-0.3, -0.25) is 4.79 Å². The van der Waals surface area contributed by atoms with Crippen LogP contribution in [0.15, 0.2) is 40.9 Å². The molecular formula is C26H33BrO. The molecule has 0 aromatic heterocycles. The van der Waals surface area contributed by atoms with Crippen molar-refractivity contribution in [2.24, 2.45) is 0 Å². The van der Waals surface area contributed by atoms with Gasteiger partial charge in [0.25, 0.3) is 0 Å². The van der Waals surface area contributed by atoms with Crippen molar-refractivity contribution >= 4 is 22.2 Å². The van der Waals surface area contributed by atoms with Gasteiger partial charge in [-0.1, -0.05) is 99.3 Å². The summed E-state index contributed by atoms with van der Waals surface area (Å²) in [7, 11) is 0. The standard InChI is InChI=1S/C26H33BrO/c1-3-5-7-9-15-26(16-10-8-6-4-2)24-17-20(19-28)11-13-22(24)23-14-12-21(27)18-25(23)26/h11-14,17-19H,3-10,15-16H2,1-2H3. The summed E-state index contributed by atoms with van der Waals surface area (Å²) in [5.41, 5.74) is 6.40. The second-order valence-corrected chi connectivity index (χ2v) is 9.23. The van der Waals surface area contributed by atoms with Crippen molar-refractivity contribution in [3.63, 3.8) is 0 Å². The maximum Gasteiger partial charge on any atom is 0.150 e. The highest BCUT2D eigenvalue weighted by Crippen LogP contribution is 2.54. The summed E-state index contributed by atoms with van der Waals surface area (Å²) >= 11 is 3.72. The van der Waals surface area contributed by atoms with E-state index in [1.54, 1.807) is 0 Å². The van der Waals surface area contributed by atoms with Crippen LogP contribution in [0.1, 0.15) is 99.5 Å². The first-order valence-electron chi connectivity index (χ1n) is 11.1. The summed E-state index contributed by atoms with van der Waals surface area (Å²) in [6.45, 7) is 4.54. The number of aldehydes is 1. The van der Waals surface area contributed by atoms with Crippen molar-refractivity contribution in [3.8, 4) is 11.1 Å². The van der Waals surface area contributed by atoms with Crippen LogP contribution in [0.5, 0.6) is 0 Å². The van der Waals surface area contributed by atoms with E-state index in [-0.39, 0.29) is 5.41 Å². The maximum absolute atomic E-state index is 11.5. The Morgan fingerprint density at radius 2 is 1.36 bits per heavy atom. The number of unbranched alkanes of at least 4 members (excludes halogenated alkanes) is 6. The van der Waals surface area contributed by atoms with E-state index in [9.17, 15) is 4.79 Å². The Hall–Kier alpha value is -1.41. The fourth-order valence-electron chi connectivity index (χ4n) is 4.93. The van der Waals surface area contributed by atoms with E-state index >= 15 is 0 Å². The van der Waals surface area contributed by atoms with Crippen LogP contribution in [-0.4, -0.2) is 6.29 Å². The van der Waals surface area contributed by atoms with Crippen LogP contribution in [-0.2, 0) is 5.41 Å². The number of carbonyl (C=O) groups excluding carboxylic acids is 1. The SMILES string of the molecule is CCCCCCC1(CCCCCC)c2cc(Br)ccc2-c2ccc(C=O)cc21. The molecule has 0 amide bonds. The fourth-order valence-corrected chi connectivity index (χ4v) is 5.29. The van der Waals surface area contributed by atoms with E-state index < -0.39 is 0 Å². The average Bonchev–Trinajstić information content (AvgIpc) is 2.97. The van der Waals surface area contributed by atoms with Crippen molar-refractivity contribution < 1.29 is 4.79 Å². The minimum atomic E-state index is 0.0505. The molecule has 0 N–H and O–H groups in total. The van der Waals surface area contributed by atoms with E-state index in [0.717, 1.165) is 16.3 Å². The van der Waals surface area contributed by atoms with E-state index in [2.05, 4.69) is 60.1 Å². The number of rotatable bonds is 11. The van der Waals surface area contributed by atoms with Crippen LogP contribution >= 0.6 is 15.9 Å². The van der Waals surface area contributed by atoms with Gasteiger partial charge in [0.1, 0.15) is 6.29 Å². The molecule has 0 unspecified atom stereocenters. The third kappa shape index (κ3) is 4.27. The lowest BCUT2D eigenvalue weighted by atomic mass is 9.70. The molecule has 2 heteroatoms. The molecule has 0 atom stereocenters. The normalized spacial score (nSPS) is 14.0. The van der Waals surface area contributed by atoms with E-state index in [4.69, 9.17) is 0 Å². The Balaban J connectivity index is 2.06. The Morgan fingerprint density at radius 1 is 0.786 bits per heavy atom. The molecule has 150 valence electrons. The molecule has 28 heavy (non-hydrogen) atoms. The first-order chi connectivity index (χ1) is 13.7. The lowest BCUT2D eigenvalue weighted by Gasteiger charge is -2.33. The second kappa shape index (κ2) is 9.87. The number of carbonyl (C=O) groups is 1. The van der Waals surface area contributed by atoms with E-state index in [0.29, 0.717) is 0 Å². The molecular weight excluding hydrogens is 408 g/mol. The van der Waals surface area contributed by atoms with Crippen LogP contribution in [0, 0.1) is 0 Å². The molecule has 0 saturated carbocycles. The monoisotopic (exact) mass is 440 g/mol. The lowest BCUT2D eigenvalue weighted by molar-refractivity contribution is 0.112. The molecule has 3 rings (SSSR count). The number of halogens is 1. The van der Waals surface area contributed by atoms with Gasteiger partial charge < -0.3 is 0 Å². The Kier molecular flexibility index (Phi) is 7.51. The summed E-state index contributed by atoms with van der Waals surface area (Å²) in [4.78, 5) is 11.5. The number of benzene rings is 2. The zero-order chi connectivity index (χ0) is 20.0.